The maximum absolute atomic E-state index is 4.63. The van der Waals surface area contributed by atoms with Gasteiger partial charge in [0.2, 0.25) is 0 Å². The lowest BCUT2D eigenvalue weighted by molar-refractivity contribution is 0.618. The van der Waals surface area contributed by atoms with E-state index in [1.54, 1.807) is 0 Å². The average Bonchev–Trinajstić information content (AvgIpc) is 3.18. The largest absolute Gasteiger partial charge is 0.281 e. The van der Waals surface area contributed by atoms with Crippen molar-refractivity contribution < 1.29 is 0 Å². The van der Waals surface area contributed by atoms with Crippen LogP contribution in [0.2, 0.25) is 0 Å². The van der Waals surface area contributed by atoms with Crippen molar-refractivity contribution in [2.45, 2.75) is 11.8 Å². The predicted octanol–water partition coefficient (Wildman–Crippen LogP) is 5.03. The Morgan fingerprint density at radius 1 is 0.815 bits per heavy atom. The van der Waals surface area contributed by atoms with E-state index < -0.39 is 0 Å². The first-order valence-corrected chi connectivity index (χ1v) is 9.15. The highest BCUT2D eigenvalue weighted by atomic mass is 15.1. The molecule has 0 amide bonds. The fourth-order valence-corrected chi connectivity index (χ4v) is 4.01. The standard InChI is InChI=1S/C24H19N3/c1-3-8-18(9-4-1)23-21-13-14-24(16-22(21)26-27-23,19-10-5-2-6-11-19)20-12-7-15-25-17-20/h1-15,17H,16H2,(H,26,27). The van der Waals surface area contributed by atoms with E-state index >= 15 is 0 Å². The predicted molar refractivity (Wildman–Crippen MR) is 108 cm³/mol. The monoisotopic (exact) mass is 349 g/mol. The summed E-state index contributed by atoms with van der Waals surface area (Å²) < 4.78 is 0. The minimum atomic E-state index is -0.247. The molecule has 2 aromatic heterocycles. The number of hydrogen-bond donors (Lipinski definition) is 1. The Bertz CT molecular complexity index is 1040. The molecule has 3 heteroatoms. The zero-order chi connectivity index (χ0) is 18.1. The number of allylic oxidation sites excluding steroid dienone is 1. The number of hydrogen-bond acceptors (Lipinski definition) is 2. The average molecular weight is 349 g/mol. The molecular formula is C24H19N3. The van der Waals surface area contributed by atoms with Crippen molar-refractivity contribution >= 4 is 6.08 Å². The molecule has 1 aliphatic rings. The van der Waals surface area contributed by atoms with Crippen LogP contribution in [0.1, 0.15) is 22.4 Å². The lowest BCUT2D eigenvalue weighted by Crippen LogP contribution is -2.30. The van der Waals surface area contributed by atoms with Gasteiger partial charge in [-0.1, -0.05) is 78.9 Å². The Morgan fingerprint density at radius 3 is 2.30 bits per heavy atom. The van der Waals surface area contributed by atoms with Crippen LogP contribution in [0.4, 0.5) is 0 Å². The van der Waals surface area contributed by atoms with Crippen LogP contribution in [0.3, 0.4) is 0 Å². The Morgan fingerprint density at radius 2 is 1.56 bits per heavy atom. The van der Waals surface area contributed by atoms with E-state index in [1.165, 1.54) is 16.7 Å². The highest BCUT2D eigenvalue weighted by molar-refractivity contribution is 5.76. The molecule has 5 rings (SSSR count). The van der Waals surface area contributed by atoms with Crippen LogP contribution in [-0.4, -0.2) is 15.2 Å². The van der Waals surface area contributed by atoms with Crippen LogP contribution in [0.5, 0.6) is 0 Å². The fraction of sp³-hybridized carbons (Fsp3) is 0.0833. The molecule has 1 unspecified atom stereocenters. The van der Waals surface area contributed by atoms with E-state index in [2.05, 4.69) is 75.9 Å². The lowest BCUT2D eigenvalue weighted by atomic mass is 9.69. The van der Waals surface area contributed by atoms with Gasteiger partial charge in [0.25, 0.3) is 0 Å². The molecule has 1 atom stereocenters. The van der Waals surface area contributed by atoms with Gasteiger partial charge in [-0.15, -0.1) is 0 Å². The van der Waals surface area contributed by atoms with E-state index in [0.29, 0.717) is 0 Å². The third-order valence-electron chi connectivity index (χ3n) is 5.39. The second-order valence-corrected chi connectivity index (χ2v) is 6.92. The number of fused-ring (bicyclic) bond motifs is 1. The molecule has 4 aromatic rings. The Balaban J connectivity index is 1.66. The smallest absolute Gasteiger partial charge is 0.0995 e. The Labute approximate surface area is 158 Å². The molecule has 0 radical (unpaired) electrons. The molecule has 0 bridgehead atoms. The number of aromatic amines is 1. The summed E-state index contributed by atoms with van der Waals surface area (Å²) in [6.45, 7) is 0. The van der Waals surface area contributed by atoms with Crippen molar-refractivity contribution in [1.82, 2.24) is 15.2 Å². The summed E-state index contributed by atoms with van der Waals surface area (Å²) in [6, 6.07) is 25.1. The summed E-state index contributed by atoms with van der Waals surface area (Å²) in [7, 11) is 0. The van der Waals surface area contributed by atoms with Crippen LogP contribution in [0, 0.1) is 0 Å². The minimum Gasteiger partial charge on any atom is -0.281 e. The summed E-state index contributed by atoms with van der Waals surface area (Å²) in [4.78, 5) is 4.38. The van der Waals surface area contributed by atoms with Crippen molar-refractivity contribution in [3.8, 4) is 11.3 Å². The SMILES string of the molecule is C1=CC(c2ccccc2)(c2cccnc2)Cc2[nH]nc(-c3ccccc3)c21. The van der Waals surface area contributed by atoms with Crippen LogP contribution in [0.15, 0.2) is 91.3 Å². The van der Waals surface area contributed by atoms with Gasteiger partial charge in [-0.05, 0) is 17.2 Å². The first-order valence-electron chi connectivity index (χ1n) is 9.15. The van der Waals surface area contributed by atoms with Gasteiger partial charge in [0.15, 0.2) is 0 Å². The molecule has 2 aromatic carbocycles. The molecule has 1 N–H and O–H groups in total. The van der Waals surface area contributed by atoms with Gasteiger partial charge in [-0.2, -0.15) is 5.10 Å². The second kappa shape index (κ2) is 6.36. The number of nitrogens with zero attached hydrogens (tertiary/aromatic N) is 2. The number of nitrogens with one attached hydrogen (secondary N) is 1. The van der Waals surface area contributed by atoms with Gasteiger partial charge in [-0.25, -0.2) is 0 Å². The van der Waals surface area contributed by atoms with E-state index in [9.17, 15) is 0 Å². The first kappa shape index (κ1) is 15.8. The summed E-state index contributed by atoms with van der Waals surface area (Å²) >= 11 is 0. The zero-order valence-corrected chi connectivity index (χ0v) is 14.8. The normalized spacial score (nSPS) is 18.2. The summed E-state index contributed by atoms with van der Waals surface area (Å²) in [6.07, 6.45) is 9.14. The summed E-state index contributed by atoms with van der Waals surface area (Å²) in [5, 5.41) is 7.93. The molecule has 27 heavy (non-hydrogen) atoms. The zero-order valence-electron chi connectivity index (χ0n) is 14.8. The van der Waals surface area contributed by atoms with Crippen molar-refractivity contribution in [2.24, 2.45) is 0 Å². The van der Waals surface area contributed by atoms with Crippen LogP contribution in [0.25, 0.3) is 17.3 Å². The van der Waals surface area contributed by atoms with Crippen molar-refractivity contribution in [3.05, 3.63) is 114 Å². The maximum atomic E-state index is 4.63. The molecule has 0 aliphatic heterocycles. The third-order valence-corrected chi connectivity index (χ3v) is 5.39. The van der Waals surface area contributed by atoms with E-state index in [4.69, 9.17) is 0 Å². The van der Waals surface area contributed by atoms with Crippen LogP contribution < -0.4 is 0 Å². The van der Waals surface area contributed by atoms with Gasteiger partial charge >= 0.3 is 0 Å². The Hall–Kier alpha value is -3.46. The van der Waals surface area contributed by atoms with Crippen LogP contribution >= 0.6 is 0 Å². The third kappa shape index (κ3) is 2.59. The Kier molecular flexibility index (Phi) is 3.72. The quantitative estimate of drug-likeness (QED) is 0.564. The first-order chi connectivity index (χ1) is 13.4. The maximum Gasteiger partial charge on any atom is 0.0995 e. The second-order valence-electron chi connectivity index (χ2n) is 6.92. The summed E-state index contributed by atoms with van der Waals surface area (Å²) in [5.74, 6) is 0. The molecule has 0 saturated heterocycles. The molecule has 2 heterocycles. The molecule has 130 valence electrons. The number of rotatable bonds is 3. The van der Waals surface area contributed by atoms with Gasteiger partial charge in [0.05, 0.1) is 5.69 Å². The van der Waals surface area contributed by atoms with E-state index in [1.807, 2.05) is 36.7 Å². The number of H-pyrrole nitrogens is 1. The molecule has 3 nitrogen and oxygen atoms in total. The van der Waals surface area contributed by atoms with Crippen molar-refractivity contribution in [2.75, 3.05) is 0 Å². The van der Waals surface area contributed by atoms with Gasteiger partial charge in [0, 0.05) is 41.1 Å². The lowest BCUT2D eigenvalue weighted by Gasteiger charge is -2.34. The number of pyridine rings is 1. The minimum absolute atomic E-state index is 0.247. The van der Waals surface area contributed by atoms with E-state index in [0.717, 1.165) is 23.4 Å². The van der Waals surface area contributed by atoms with Gasteiger partial charge in [-0.3, -0.25) is 10.1 Å². The van der Waals surface area contributed by atoms with Gasteiger partial charge in [0.1, 0.15) is 0 Å². The number of aromatic nitrogens is 3. The highest BCUT2D eigenvalue weighted by Crippen LogP contribution is 2.42. The van der Waals surface area contributed by atoms with Crippen molar-refractivity contribution in [3.63, 3.8) is 0 Å². The summed E-state index contributed by atoms with van der Waals surface area (Å²) in [5.41, 5.74) is 6.68. The fourth-order valence-electron chi connectivity index (χ4n) is 4.01. The van der Waals surface area contributed by atoms with Crippen LogP contribution in [-0.2, 0) is 11.8 Å². The topological polar surface area (TPSA) is 41.6 Å². The van der Waals surface area contributed by atoms with Gasteiger partial charge < -0.3 is 0 Å². The molecular weight excluding hydrogens is 330 g/mol. The number of benzene rings is 2. The highest BCUT2D eigenvalue weighted by Gasteiger charge is 2.36. The molecule has 0 saturated carbocycles. The van der Waals surface area contributed by atoms with E-state index in [-0.39, 0.29) is 5.41 Å². The van der Waals surface area contributed by atoms with Crippen molar-refractivity contribution in [1.29, 1.82) is 0 Å². The molecule has 1 aliphatic carbocycles. The molecule has 0 fully saturated rings. The molecule has 0 spiro atoms.